The van der Waals surface area contributed by atoms with Crippen molar-refractivity contribution in [3.8, 4) is 0 Å². The molecule has 10 heteroatoms. The number of benzene rings is 1. The largest absolute Gasteiger partial charge is 0.379 e. The average molecular weight is 441 g/mol. The number of sulfone groups is 1. The van der Waals surface area contributed by atoms with E-state index in [9.17, 15) is 13.2 Å². The van der Waals surface area contributed by atoms with Gasteiger partial charge < -0.3 is 10.1 Å². The summed E-state index contributed by atoms with van der Waals surface area (Å²) >= 11 is 5.51. The van der Waals surface area contributed by atoms with Gasteiger partial charge in [0, 0.05) is 45.5 Å². The first-order chi connectivity index (χ1) is 13.8. The molecule has 2 aliphatic rings. The van der Waals surface area contributed by atoms with Crippen molar-refractivity contribution in [1.29, 1.82) is 0 Å². The number of morpholine rings is 1. The summed E-state index contributed by atoms with van der Waals surface area (Å²) < 4.78 is 28.5. The predicted molar refractivity (Wildman–Crippen MR) is 114 cm³/mol. The summed E-state index contributed by atoms with van der Waals surface area (Å²) in [7, 11) is -3.24. The van der Waals surface area contributed by atoms with Gasteiger partial charge in [0.1, 0.15) is 0 Å². The van der Waals surface area contributed by atoms with Gasteiger partial charge in [-0.2, -0.15) is 0 Å². The molecule has 3 rings (SSSR count). The van der Waals surface area contributed by atoms with E-state index in [0.29, 0.717) is 18.2 Å². The molecule has 1 aromatic carbocycles. The Hall–Kier alpha value is -1.75. The third kappa shape index (κ3) is 6.11. The molecule has 160 valence electrons. The zero-order valence-electron chi connectivity index (χ0n) is 16.7. The Morgan fingerprint density at radius 1 is 1.10 bits per heavy atom. The van der Waals surface area contributed by atoms with Crippen molar-refractivity contribution >= 4 is 33.1 Å². The molecule has 0 unspecified atom stereocenters. The Balaban J connectivity index is 1.51. The lowest BCUT2D eigenvalue weighted by Gasteiger charge is -2.31. The van der Waals surface area contributed by atoms with Gasteiger partial charge in [0.2, 0.25) is 5.91 Å². The fraction of sp³-hybridized carbons (Fsp3) is 0.579. The Kier molecular flexibility index (Phi) is 7.44. The smallest absolute Gasteiger partial charge is 0.245 e. The summed E-state index contributed by atoms with van der Waals surface area (Å²) in [4.78, 5) is 15.4. The molecule has 1 aromatic rings. The average Bonchev–Trinajstić information content (AvgIpc) is 3.19. The quantitative estimate of drug-likeness (QED) is 0.632. The molecule has 0 spiro atoms. The molecule has 2 aliphatic heterocycles. The Morgan fingerprint density at radius 2 is 1.76 bits per heavy atom. The number of hydrogen-bond acceptors (Lipinski definition) is 6. The Labute approximate surface area is 177 Å². The van der Waals surface area contributed by atoms with E-state index in [2.05, 4.69) is 10.2 Å². The number of rotatable bonds is 6. The van der Waals surface area contributed by atoms with Crippen LogP contribution in [-0.4, -0.2) is 93.1 Å². The number of hydrazine groups is 1. The normalized spacial score (nSPS) is 18.1. The summed E-state index contributed by atoms with van der Waals surface area (Å²) in [5, 5.41) is 7.35. The van der Waals surface area contributed by atoms with Crippen molar-refractivity contribution in [2.45, 2.75) is 17.7 Å². The molecule has 1 N–H and O–H groups in total. The molecular weight excluding hydrogens is 412 g/mol. The number of nitrogens with one attached hydrogen (secondary N) is 1. The zero-order valence-corrected chi connectivity index (χ0v) is 18.3. The molecule has 2 heterocycles. The van der Waals surface area contributed by atoms with Gasteiger partial charge in [0.25, 0.3) is 0 Å². The maximum Gasteiger partial charge on any atom is 0.245 e. The highest BCUT2D eigenvalue weighted by Crippen LogP contribution is 2.15. The van der Waals surface area contributed by atoms with Gasteiger partial charge in [-0.25, -0.2) is 8.42 Å². The second-order valence-corrected chi connectivity index (χ2v) is 9.67. The van der Waals surface area contributed by atoms with Crippen molar-refractivity contribution in [1.82, 2.24) is 20.2 Å². The van der Waals surface area contributed by atoms with Crippen LogP contribution < -0.4 is 5.32 Å². The zero-order chi connectivity index (χ0) is 20.9. The van der Waals surface area contributed by atoms with Crippen molar-refractivity contribution in [3.63, 3.8) is 0 Å². The molecule has 2 fully saturated rings. The van der Waals surface area contributed by atoms with Crippen LogP contribution in [0.4, 0.5) is 0 Å². The third-order valence-corrected chi connectivity index (χ3v) is 6.55. The van der Waals surface area contributed by atoms with Crippen LogP contribution in [-0.2, 0) is 25.8 Å². The fourth-order valence-electron chi connectivity index (χ4n) is 3.44. The van der Waals surface area contributed by atoms with Crippen LogP contribution in [0.25, 0.3) is 0 Å². The van der Waals surface area contributed by atoms with Crippen LogP contribution in [0.3, 0.4) is 0 Å². The maximum absolute atomic E-state index is 12.8. The first-order valence-corrected chi connectivity index (χ1v) is 12.1. The molecule has 1 amide bonds. The van der Waals surface area contributed by atoms with Crippen LogP contribution in [0.5, 0.6) is 0 Å². The highest BCUT2D eigenvalue weighted by atomic mass is 32.2. The van der Waals surface area contributed by atoms with E-state index in [1.54, 1.807) is 17.1 Å². The van der Waals surface area contributed by atoms with E-state index in [1.807, 2.05) is 5.01 Å². The minimum absolute atomic E-state index is 0.0491. The monoisotopic (exact) mass is 440 g/mol. The molecular formula is C19H28N4O4S2. The van der Waals surface area contributed by atoms with Gasteiger partial charge in [0.05, 0.1) is 24.5 Å². The van der Waals surface area contributed by atoms with Crippen molar-refractivity contribution in [2.75, 3.05) is 58.7 Å². The number of hydrogen-bond donors (Lipinski definition) is 1. The molecule has 0 radical (unpaired) electrons. The summed E-state index contributed by atoms with van der Waals surface area (Å²) in [5.41, 5.74) is 0.778. The van der Waals surface area contributed by atoms with E-state index in [0.717, 1.165) is 51.4 Å². The Bertz CT molecular complexity index is 823. The van der Waals surface area contributed by atoms with E-state index in [-0.39, 0.29) is 17.2 Å². The second-order valence-electron chi connectivity index (χ2n) is 7.27. The van der Waals surface area contributed by atoms with E-state index in [4.69, 9.17) is 17.0 Å². The summed E-state index contributed by atoms with van der Waals surface area (Å²) in [5.74, 6) is -0.0491. The van der Waals surface area contributed by atoms with Crippen molar-refractivity contribution in [3.05, 3.63) is 29.8 Å². The van der Waals surface area contributed by atoms with Crippen LogP contribution in [0.2, 0.25) is 0 Å². The minimum atomic E-state index is -3.24. The first kappa shape index (κ1) is 21.9. The predicted octanol–water partition coefficient (Wildman–Crippen LogP) is 0.289. The van der Waals surface area contributed by atoms with E-state index < -0.39 is 9.84 Å². The van der Waals surface area contributed by atoms with Crippen LogP contribution in [0, 0.1) is 0 Å². The number of ether oxygens (including phenoxy) is 1. The van der Waals surface area contributed by atoms with E-state index in [1.165, 1.54) is 18.4 Å². The van der Waals surface area contributed by atoms with Crippen LogP contribution >= 0.6 is 12.2 Å². The molecule has 0 bridgehead atoms. The van der Waals surface area contributed by atoms with Gasteiger partial charge in [-0.1, -0.05) is 12.1 Å². The molecule has 0 aliphatic carbocycles. The topological polar surface area (TPSA) is 82.2 Å². The lowest BCUT2D eigenvalue weighted by atomic mass is 10.1. The minimum Gasteiger partial charge on any atom is -0.379 e. The number of nitrogens with zero attached hydrogens (tertiary/aromatic N) is 3. The lowest BCUT2D eigenvalue weighted by molar-refractivity contribution is -0.138. The lowest BCUT2D eigenvalue weighted by Crippen LogP contribution is -2.51. The SMILES string of the molecule is CS(=O)(=O)c1ccc(CC(=O)N2CCCN2C(=S)NCCN2CCOCC2)cc1. The molecule has 8 nitrogen and oxygen atoms in total. The maximum atomic E-state index is 12.8. The van der Waals surface area contributed by atoms with Gasteiger partial charge in [-0.05, 0) is 36.3 Å². The molecule has 0 aromatic heterocycles. The van der Waals surface area contributed by atoms with Crippen molar-refractivity contribution < 1.29 is 17.9 Å². The van der Waals surface area contributed by atoms with Crippen LogP contribution in [0.15, 0.2) is 29.2 Å². The highest BCUT2D eigenvalue weighted by molar-refractivity contribution is 7.90. The van der Waals surface area contributed by atoms with Gasteiger partial charge in [-0.15, -0.1) is 0 Å². The van der Waals surface area contributed by atoms with Gasteiger partial charge in [0.15, 0.2) is 14.9 Å². The second kappa shape index (κ2) is 9.84. The number of amides is 1. The third-order valence-electron chi connectivity index (χ3n) is 5.07. The number of carbonyl (C=O) groups is 1. The number of thiocarbonyl (C=S) groups is 1. The summed E-state index contributed by atoms with van der Waals surface area (Å²) in [6.07, 6.45) is 2.24. The van der Waals surface area contributed by atoms with Gasteiger partial charge in [-0.3, -0.25) is 19.7 Å². The summed E-state index contributed by atoms with van der Waals surface area (Å²) in [6, 6.07) is 6.45. The molecule has 29 heavy (non-hydrogen) atoms. The summed E-state index contributed by atoms with van der Waals surface area (Å²) in [6.45, 7) is 6.35. The standard InChI is InChI=1S/C19H28N4O4S2/c1-29(25,26)17-5-3-16(4-6-17)15-18(24)22-8-2-9-23(22)19(28)20-7-10-21-11-13-27-14-12-21/h3-6H,2,7-15H2,1H3,(H,20,28). The molecule has 2 saturated heterocycles. The number of carbonyl (C=O) groups excluding carboxylic acids is 1. The Morgan fingerprint density at radius 3 is 2.41 bits per heavy atom. The van der Waals surface area contributed by atoms with E-state index >= 15 is 0 Å². The molecule has 0 atom stereocenters. The van der Waals surface area contributed by atoms with Crippen molar-refractivity contribution in [2.24, 2.45) is 0 Å². The first-order valence-electron chi connectivity index (χ1n) is 9.79. The van der Waals surface area contributed by atoms with Gasteiger partial charge >= 0.3 is 0 Å². The molecule has 0 saturated carbocycles. The fourth-order valence-corrected chi connectivity index (χ4v) is 4.36. The van der Waals surface area contributed by atoms with Crippen LogP contribution in [0.1, 0.15) is 12.0 Å². The highest BCUT2D eigenvalue weighted by Gasteiger charge is 2.28.